The van der Waals surface area contributed by atoms with E-state index in [0.717, 1.165) is 55.9 Å². The summed E-state index contributed by atoms with van der Waals surface area (Å²) in [5.41, 5.74) is 5.65. The quantitative estimate of drug-likeness (QED) is 0.523. The molecule has 1 aliphatic rings. The van der Waals surface area contributed by atoms with Crippen LogP contribution in [-0.4, -0.2) is 44.4 Å². The highest BCUT2D eigenvalue weighted by molar-refractivity contribution is 6.04. The largest absolute Gasteiger partial charge is 0.493 e. The van der Waals surface area contributed by atoms with E-state index < -0.39 is 0 Å². The number of ether oxygens (including phenoxy) is 2. The van der Waals surface area contributed by atoms with Crippen molar-refractivity contribution in [3.8, 4) is 11.5 Å². The third-order valence-electron chi connectivity index (χ3n) is 6.03. The third-order valence-corrected chi connectivity index (χ3v) is 6.03. The lowest BCUT2D eigenvalue weighted by molar-refractivity contribution is 0.102. The Morgan fingerprint density at radius 2 is 1.64 bits per heavy atom. The van der Waals surface area contributed by atoms with E-state index in [0.29, 0.717) is 11.1 Å². The van der Waals surface area contributed by atoms with Gasteiger partial charge in [-0.05, 0) is 65.9 Å². The highest BCUT2D eigenvalue weighted by Gasteiger charge is 2.19. The van der Waals surface area contributed by atoms with Gasteiger partial charge in [0.2, 0.25) is 0 Å². The summed E-state index contributed by atoms with van der Waals surface area (Å²) in [6.07, 6.45) is 2.69. The normalized spacial score (nSPS) is 13.2. The average Bonchev–Trinajstić information content (AvgIpc) is 2.87. The molecule has 1 aliphatic heterocycles. The fourth-order valence-corrected chi connectivity index (χ4v) is 4.09. The van der Waals surface area contributed by atoms with Crippen molar-refractivity contribution >= 4 is 17.9 Å². The van der Waals surface area contributed by atoms with Crippen molar-refractivity contribution in [2.75, 3.05) is 32.6 Å². The molecular weight excluding hydrogens is 416 g/mol. The SMILES string of the molecule is COc1cc2c(cc1OC)CN(CCc1ccc(NC(=O)c3ccc(C=O)cc3)cc1)CC2. The lowest BCUT2D eigenvalue weighted by atomic mass is 9.98. The molecule has 0 saturated heterocycles. The lowest BCUT2D eigenvalue weighted by Crippen LogP contribution is -2.32. The summed E-state index contributed by atoms with van der Waals surface area (Å²) < 4.78 is 10.9. The van der Waals surface area contributed by atoms with Gasteiger partial charge < -0.3 is 14.8 Å². The maximum atomic E-state index is 12.4. The minimum absolute atomic E-state index is 0.195. The van der Waals surface area contributed by atoms with Crippen molar-refractivity contribution in [3.05, 3.63) is 88.5 Å². The van der Waals surface area contributed by atoms with E-state index in [1.807, 2.05) is 12.1 Å². The average molecular weight is 445 g/mol. The molecule has 0 saturated carbocycles. The Kier molecular flexibility index (Phi) is 7.05. The van der Waals surface area contributed by atoms with E-state index in [2.05, 4.69) is 34.5 Å². The van der Waals surface area contributed by atoms with Gasteiger partial charge in [-0.3, -0.25) is 14.5 Å². The molecular formula is C27H28N2O4. The van der Waals surface area contributed by atoms with Crippen molar-refractivity contribution in [1.82, 2.24) is 4.90 Å². The van der Waals surface area contributed by atoms with Gasteiger partial charge in [0.15, 0.2) is 11.5 Å². The molecule has 0 fully saturated rings. The van der Waals surface area contributed by atoms with E-state index in [9.17, 15) is 9.59 Å². The van der Waals surface area contributed by atoms with E-state index in [1.54, 1.807) is 38.5 Å². The Hall–Kier alpha value is -3.64. The number of carbonyl (C=O) groups is 2. The Morgan fingerprint density at radius 1 is 0.970 bits per heavy atom. The Morgan fingerprint density at radius 3 is 2.27 bits per heavy atom. The number of fused-ring (bicyclic) bond motifs is 1. The summed E-state index contributed by atoms with van der Waals surface area (Å²) in [5.74, 6) is 1.37. The molecule has 4 rings (SSSR count). The first-order valence-corrected chi connectivity index (χ1v) is 11.0. The molecule has 6 heteroatoms. The van der Waals surface area contributed by atoms with Crippen molar-refractivity contribution in [2.24, 2.45) is 0 Å². The van der Waals surface area contributed by atoms with Crippen LogP contribution in [-0.2, 0) is 19.4 Å². The number of benzene rings is 3. The second-order valence-corrected chi connectivity index (χ2v) is 8.14. The molecule has 1 amide bonds. The van der Waals surface area contributed by atoms with E-state index in [-0.39, 0.29) is 5.91 Å². The molecule has 6 nitrogen and oxygen atoms in total. The minimum Gasteiger partial charge on any atom is -0.493 e. The zero-order chi connectivity index (χ0) is 23.2. The highest BCUT2D eigenvalue weighted by atomic mass is 16.5. The molecule has 0 spiro atoms. The summed E-state index contributed by atoms with van der Waals surface area (Å²) in [7, 11) is 3.34. The number of nitrogens with zero attached hydrogens (tertiary/aromatic N) is 1. The topological polar surface area (TPSA) is 67.9 Å². The van der Waals surface area contributed by atoms with Crippen LogP contribution in [0.1, 0.15) is 37.4 Å². The van der Waals surface area contributed by atoms with E-state index in [4.69, 9.17) is 9.47 Å². The number of methoxy groups -OCH3 is 2. The van der Waals surface area contributed by atoms with Gasteiger partial charge in [-0.25, -0.2) is 0 Å². The zero-order valence-electron chi connectivity index (χ0n) is 19.0. The van der Waals surface area contributed by atoms with Crippen LogP contribution in [0.4, 0.5) is 5.69 Å². The number of rotatable bonds is 8. The van der Waals surface area contributed by atoms with Gasteiger partial charge in [-0.2, -0.15) is 0 Å². The molecule has 0 aliphatic carbocycles. The van der Waals surface area contributed by atoms with Gasteiger partial charge >= 0.3 is 0 Å². The smallest absolute Gasteiger partial charge is 0.255 e. The molecule has 1 heterocycles. The number of nitrogens with one attached hydrogen (secondary N) is 1. The first-order chi connectivity index (χ1) is 16.1. The lowest BCUT2D eigenvalue weighted by Gasteiger charge is -2.29. The number of hydrogen-bond acceptors (Lipinski definition) is 5. The second kappa shape index (κ2) is 10.3. The van der Waals surface area contributed by atoms with Crippen LogP contribution in [0.25, 0.3) is 0 Å². The van der Waals surface area contributed by atoms with Gasteiger partial charge in [0.25, 0.3) is 5.91 Å². The predicted molar refractivity (Wildman–Crippen MR) is 128 cm³/mol. The molecule has 33 heavy (non-hydrogen) atoms. The van der Waals surface area contributed by atoms with Crippen LogP contribution >= 0.6 is 0 Å². The number of anilines is 1. The zero-order valence-corrected chi connectivity index (χ0v) is 19.0. The summed E-state index contributed by atoms with van der Waals surface area (Å²) in [6, 6.07) is 18.7. The number of hydrogen-bond donors (Lipinski definition) is 1. The summed E-state index contributed by atoms with van der Waals surface area (Å²) in [6.45, 7) is 2.87. The standard InChI is InChI=1S/C27H28N2O4/c1-32-25-15-22-12-14-29(17-23(22)16-26(25)33-2)13-11-19-5-9-24(10-6-19)28-27(31)21-7-3-20(18-30)4-8-21/h3-10,15-16,18H,11-14,17H2,1-2H3,(H,28,31). The van der Waals surface area contributed by atoms with Crippen LogP contribution < -0.4 is 14.8 Å². The predicted octanol–water partition coefficient (Wildman–Crippen LogP) is 4.37. The van der Waals surface area contributed by atoms with E-state index >= 15 is 0 Å². The van der Waals surface area contributed by atoms with Gasteiger partial charge in [0.1, 0.15) is 6.29 Å². The highest BCUT2D eigenvalue weighted by Crippen LogP contribution is 2.33. The summed E-state index contributed by atoms with van der Waals surface area (Å²) in [4.78, 5) is 25.6. The molecule has 0 unspecified atom stereocenters. The molecule has 0 aromatic heterocycles. The van der Waals surface area contributed by atoms with Crippen LogP contribution in [0.3, 0.4) is 0 Å². The first-order valence-electron chi connectivity index (χ1n) is 11.0. The maximum absolute atomic E-state index is 12.4. The Balaban J connectivity index is 1.31. The minimum atomic E-state index is -0.195. The van der Waals surface area contributed by atoms with Crippen molar-refractivity contribution in [3.63, 3.8) is 0 Å². The summed E-state index contributed by atoms with van der Waals surface area (Å²) in [5, 5.41) is 2.90. The fraction of sp³-hybridized carbons (Fsp3) is 0.259. The second-order valence-electron chi connectivity index (χ2n) is 8.14. The molecule has 3 aromatic carbocycles. The van der Waals surface area contributed by atoms with Crippen molar-refractivity contribution in [2.45, 2.75) is 19.4 Å². The number of aldehydes is 1. The van der Waals surface area contributed by atoms with E-state index in [1.165, 1.54) is 16.7 Å². The Labute approximate surface area is 194 Å². The third kappa shape index (κ3) is 5.41. The Bertz CT molecular complexity index is 1120. The number of amides is 1. The fourth-order valence-electron chi connectivity index (χ4n) is 4.09. The van der Waals surface area contributed by atoms with Crippen molar-refractivity contribution < 1.29 is 19.1 Å². The molecule has 0 atom stereocenters. The molecule has 170 valence electrons. The van der Waals surface area contributed by atoms with Gasteiger partial charge in [0.05, 0.1) is 14.2 Å². The molecule has 0 bridgehead atoms. The first kappa shape index (κ1) is 22.6. The monoisotopic (exact) mass is 444 g/mol. The van der Waals surface area contributed by atoms with Gasteiger partial charge in [-0.15, -0.1) is 0 Å². The maximum Gasteiger partial charge on any atom is 0.255 e. The molecule has 1 N–H and O–H groups in total. The number of carbonyl (C=O) groups excluding carboxylic acids is 2. The van der Waals surface area contributed by atoms with Gasteiger partial charge in [0, 0.05) is 36.4 Å². The van der Waals surface area contributed by atoms with Crippen LogP contribution in [0.15, 0.2) is 60.7 Å². The summed E-state index contributed by atoms with van der Waals surface area (Å²) >= 11 is 0. The van der Waals surface area contributed by atoms with Crippen LogP contribution in [0.5, 0.6) is 11.5 Å². The molecule has 0 radical (unpaired) electrons. The molecule has 3 aromatic rings. The van der Waals surface area contributed by atoms with Crippen molar-refractivity contribution in [1.29, 1.82) is 0 Å². The van der Waals surface area contributed by atoms with Crippen LogP contribution in [0, 0.1) is 0 Å². The van der Waals surface area contributed by atoms with Gasteiger partial charge in [-0.1, -0.05) is 24.3 Å². The van der Waals surface area contributed by atoms with Crippen LogP contribution in [0.2, 0.25) is 0 Å².